The Kier molecular flexibility index (Phi) is 4.07. The molecule has 3 unspecified atom stereocenters. The smallest absolute Gasteiger partial charge is 0.0568 e. The van der Waals surface area contributed by atoms with Crippen LogP contribution in [0.4, 0.5) is 0 Å². The second kappa shape index (κ2) is 4.86. The van der Waals surface area contributed by atoms with Crippen LogP contribution in [0.25, 0.3) is 0 Å². The summed E-state index contributed by atoms with van der Waals surface area (Å²) in [5.41, 5.74) is 0. The first-order valence-electron chi connectivity index (χ1n) is 5.46. The molecule has 1 aliphatic carbocycles. The molecule has 0 aromatic rings. The number of hydrogen-bond donors (Lipinski definition) is 1. The van der Waals surface area contributed by atoms with Gasteiger partial charge in [-0.05, 0) is 31.1 Å². The Hall–Kier alpha value is -0.0400. The molecule has 72 valence electrons. The summed E-state index contributed by atoms with van der Waals surface area (Å²) in [4.78, 5) is 0. The molecular weight excluding hydrogens is 148 g/mol. The van der Waals surface area contributed by atoms with E-state index >= 15 is 0 Å². The summed E-state index contributed by atoms with van der Waals surface area (Å²) in [5.74, 6) is 1.50. The van der Waals surface area contributed by atoms with Gasteiger partial charge in [0, 0.05) is 0 Å². The van der Waals surface area contributed by atoms with Crippen molar-refractivity contribution in [2.75, 3.05) is 0 Å². The molecule has 0 spiro atoms. The molecule has 0 amide bonds. The van der Waals surface area contributed by atoms with Gasteiger partial charge >= 0.3 is 0 Å². The first kappa shape index (κ1) is 10.0. The van der Waals surface area contributed by atoms with Crippen LogP contribution in [-0.4, -0.2) is 11.2 Å². The largest absolute Gasteiger partial charge is 0.393 e. The molecule has 0 heterocycles. The minimum atomic E-state index is 0.00288. The third kappa shape index (κ3) is 2.48. The number of aliphatic hydroxyl groups excluding tert-OH is 1. The van der Waals surface area contributed by atoms with E-state index in [9.17, 15) is 5.11 Å². The highest BCUT2D eigenvalue weighted by Gasteiger charge is 2.26. The van der Waals surface area contributed by atoms with Crippen molar-refractivity contribution in [2.24, 2.45) is 11.8 Å². The van der Waals surface area contributed by atoms with Crippen molar-refractivity contribution < 1.29 is 5.11 Å². The maximum absolute atomic E-state index is 9.65. The lowest BCUT2D eigenvalue weighted by atomic mass is 9.76. The van der Waals surface area contributed by atoms with Gasteiger partial charge in [-0.2, -0.15) is 0 Å². The van der Waals surface area contributed by atoms with Crippen LogP contribution in [0.15, 0.2) is 0 Å². The van der Waals surface area contributed by atoms with Gasteiger partial charge in [-0.1, -0.05) is 33.1 Å². The number of aliphatic hydroxyl groups is 1. The minimum absolute atomic E-state index is 0.00288. The summed E-state index contributed by atoms with van der Waals surface area (Å²) >= 11 is 0. The van der Waals surface area contributed by atoms with Crippen molar-refractivity contribution >= 4 is 0 Å². The molecule has 1 aliphatic rings. The van der Waals surface area contributed by atoms with Crippen molar-refractivity contribution in [1.29, 1.82) is 0 Å². The fourth-order valence-corrected chi connectivity index (χ4v) is 2.45. The third-order valence-corrected chi connectivity index (χ3v) is 3.27. The van der Waals surface area contributed by atoms with Gasteiger partial charge in [0.05, 0.1) is 6.10 Å². The number of hydrogen-bond acceptors (Lipinski definition) is 1. The quantitative estimate of drug-likeness (QED) is 0.690. The van der Waals surface area contributed by atoms with Gasteiger partial charge < -0.3 is 5.11 Å². The maximum Gasteiger partial charge on any atom is 0.0568 e. The van der Waals surface area contributed by atoms with Crippen molar-refractivity contribution in [2.45, 2.75) is 58.5 Å². The van der Waals surface area contributed by atoms with Gasteiger partial charge in [-0.15, -0.1) is 0 Å². The fraction of sp³-hybridized carbons (Fsp3) is 1.00. The second-order valence-corrected chi connectivity index (χ2v) is 4.20. The van der Waals surface area contributed by atoms with Crippen molar-refractivity contribution in [3.8, 4) is 0 Å². The van der Waals surface area contributed by atoms with Crippen LogP contribution in [-0.2, 0) is 0 Å². The van der Waals surface area contributed by atoms with E-state index in [4.69, 9.17) is 0 Å². The molecule has 3 atom stereocenters. The highest BCUT2D eigenvalue weighted by atomic mass is 16.3. The molecule has 12 heavy (non-hydrogen) atoms. The Labute approximate surface area is 76.2 Å². The third-order valence-electron chi connectivity index (χ3n) is 3.27. The first-order valence-corrected chi connectivity index (χ1v) is 5.46. The SMILES string of the molecule is CCCC1CCC(O)C(CC)C1. The van der Waals surface area contributed by atoms with Crippen molar-refractivity contribution in [3.63, 3.8) is 0 Å². The monoisotopic (exact) mass is 170 g/mol. The van der Waals surface area contributed by atoms with E-state index in [0.717, 1.165) is 18.8 Å². The second-order valence-electron chi connectivity index (χ2n) is 4.20. The average molecular weight is 170 g/mol. The summed E-state index contributed by atoms with van der Waals surface area (Å²) in [6.45, 7) is 4.45. The highest BCUT2D eigenvalue weighted by Crippen LogP contribution is 2.33. The standard InChI is InChI=1S/C11H22O/c1-3-5-9-6-7-11(12)10(4-2)8-9/h9-12H,3-8H2,1-2H3. The van der Waals surface area contributed by atoms with Crippen LogP contribution in [0, 0.1) is 11.8 Å². The first-order chi connectivity index (χ1) is 5.77. The Morgan fingerprint density at radius 1 is 1.25 bits per heavy atom. The molecule has 1 fully saturated rings. The molecule has 1 nitrogen and oxygen atoms in total. The zero-order valence-electron chi connectivity index (χ0n) is 8.42. The molecule has 1 N–H and O–H groups in total. The van der Waals surface area contributed by atoms with Crippen LogP contribution in [0.5, 0.6) is 0 Å². The van der Waals surface area contributed by atoms with E-state index in [1.165, 1.54) is 25.7 Å². The van der Waals surface area contributed by atoms with Crippen LogP contribution >= 0.6 is 0 Å². The molecule has 0 aliphatic heterocycles. The Morgan fingerprint density at radius 2 is 2.00 bits per heavy atom. The van der Waals surface area contributed by atoms with E-state index in [1.807, 2.05) is 0 Å². The normalized spacial score (nSPS) is 36.8. The van der Waals surface area contributed by atoms with E-state index < -0.39 is 0 Å². The molecule has 0 aromatic carbocycles. The van der Waals surface area contributed by atoms with E-state index in [0.29, 0.717) is 5.92 Å². The summed E-state index contributed by atoms with van der Waals surface area (Å²) in [6.07, 6.45) is 7.39. The van der Waals surface area contributed by atoms with Gasteiger partial charge in [0.2, 0.25) is 0 Å². The summed E-state index contributed by atoms with van der Waals surface area (Å²) < 4.78 is 0. The lowest BCUT2D eigenvalue weighted by molar-refractivity contribution is 0.0443. The molecule has 0 aromatic heterocycles. The predicted molar refractivity (Wildman–Crippen MR) is 52.0 cm³/mol. The van der Waals surface area contributed by atoms with Crippen LogP contribution in [0.3, 0.4) is 0 Å². The molecule has 1 rings (SSSR count). The van der Waals surface area contributed by atoms with Gasteiger partial charge in [0.25, 0.3) is 0 Å². The fourth-order valence-electron chi connectivity index (χ4n) is 2.45. The summed E-state index contributed by atoms with van der Waals surface area (Å²) in [7, 11) is 0. The zero-order chi connectivity index (χ0) is 8.97. The van der Waals surface area contributed by atoms with E-state index in [1.54, 1.807) is 0 Å². The van der Waals surface area contributed by atoms with Crippen molar-refractivity contribution in [3.05, 3.63) is 0 Å². The maximum atomic E-state index is 9.65. The molecular formula is C11H22O. The van der Waals surface area contributed by atoms with Crippen LogP contribution < -0.4 is 0 Å². The predicted octanol–water partition coefficient (Wildman–Crippen LogP) is 2.97. The summed E-state index contributed by atoms with van der Waals surface area (Å²) in [6, 6.07) is 0. The van der Waals surface area contributed by atoms with E-state index in [2.05, 4.69) is 13.8 Å². The van der Waals surface area contributed by atoms with Crippen LogP contribution in [0.1, 0.15) is 52.4 Å². The molecule has 0 bridgehead atoms. The van der Waals surface area contributed by atoms with Gasteiger partial charge in [0.15, 0.2) is 0 Å². The average Bonchev–Trinajstić information content (AvgIpc) is 2.09. The Morgan fingerprint density at radius 3 is 2.58 bits per heavy atom. The lowest BCUT2D eigenvalue weighted by Gasteiger charge is -2.32. The molecule has 0 saturated heterocycles. The lowest BCUT2D eigenvalue weighted by Crippen LogP contribution is -2.28. The van der Waals surface area contributed by atoms with Crippen LogP contribution in [0.2, 0.25) is 0 Å². The number of rotatable bonds is 3. The zero-order valence-corrected chi connectivity index (χ0v) is 8.42. The van der Waals surface area contributed by atoms with Gasteiger partial charge in [-0.25, -0.2) is 0 Å². The van der Waals surface area contributed by atoms with Gasteiger partial charge in [-0.3, -0.25) is 0 Å². The van der Waals surface area contributed by atoms with Gasteiger partial charge in [0.1, 0.15) is 0 Å². The Balaban J connectivity index is 2.33. The van der Waals surface area contributed by atoms with Crippen molar-refractivity contribution in [1.82, 2.24) is 0 Å². The highest BCUT2D eigenvalue weighted by molar-refractivity contribution is 4.78. The summed E-state index contributed by atoms with van der Waals surface area (Å²) in [5, 5.41) is 9.65. The topological polar surface area (TPSA) is 20.2 Å². The molecule has 1 saturated carbocycles. The Bertz CT molecular complexity index is 122. The molecule has 0 radical (unpaired) electrons. The molecule has 1 heteroatoms. The minimum Gasteiger partial charge on any atom is -0.393 e. The van der Waals surface area contributed by atoms with E-state index in [-0.39, 0.29) is 6.10 Å².